The van der Waals surface area contributed by atoms with Gasteiger partial charge in [-0.05, 0) is 13.8 Å². The van der Waals surface area contributed by atoms with E-state index in [4.69, 9.17) is 0 Å². The Morgan fingerprint density at radius 3 is 1.11 bits per heavy atom. The molecule has 0 fully saturated rings. The Labute approximate surface area is 255 Å². The maximum absolute atomic E-state index is 2.97. The largest absolute Gasteiger partial charge is 0.184 e. The maximum atomic E-state index is 2.97. The molecule has 0 bridgehead atoms. The van der Waals surface area contributed by atoms with Gasteiger partial charge < -0.3 is 0 Å². The van der Waals surface area contributed by atoms with Gasteiger partial charge in [0.15, 0.2) is 0 Å². The average Bonchev–Trinajstić information content (AvgIpc) is 3.51. The van der Waals surface area contributed by atoms with Crippen LogP contribution in [0, 0.1) is 39.8 Å². The SMILES string of the molecule is Cc1cc2c(C)cccc2[cH-]1.Cc1cc2c(C)cccc2[cH-]1.Cl.Cl.[Si]=[Ti].[c-]1ccccc1.[c-]1ccccc1. The zero-order valence-electron chi connectivity index (χ0n) is 22.4. The zero-order chi connectivity index (χ0) is 26.2. The number of hydrogen-bond donors (Lipinski definition) is 0. The Balaban J connectivity index is 0.000000478. The summed E-state index contributed by atoms with van der Waals surface area (Å²) in [6, 6.07) is 46.8. The Hall–Kier alpha value is -2.39. The summed E-state index contributed by atoms with van der Waals surface area (Å²) in [7, 11) is 2.97. The third kappa shape index (κ3) is 12.4. The van der Waals surface area contributed by atoms with E-state index >= 15 is 0 Å². The molecule has 0 atom stereocenters. The monoisotopic (exact) mass is 588 g/mol. The van der Waals surface area contributed by atoms with Gasteiger partial charge in [0, 0.05) is 0 Å². The van der Waals surface area contributed by atoms with E-state index in [2.05, 4.69) is 108 Å². The number of hydrogen-bond acceptors (Lipinski definition) is 0. The molecule has 0 saturated carbocycles. The molecule has 0 nitrogen and oxygen atoms in total. The molecule has 0 spiro atoms. The van der Waals surface area contributed by atoms with E-state index in [1.807, 2.05) is 60.7 Å². The molecule has 0 saturated heterocycles. The molecule has 0 aromatic heterocycles. The first-order chi connectivity index (χ1) is 17.5. The number of halogens is 2. The van der Waals surface area contributed by atoms with Gasteiger partial charge in [-0.2, -0.15) is 84.9 Å². The van der Waals surface area contributed by atoms with Crippen molar-refractivity contribution < 1.29 is 19.2 Å². The van der Waals surface area contributed by atoms with Crippen LogP contribution < -0.4 is 0 Å². The van der Waals surface area contributed by atoms with E-state index in [9.17, 15) is 0 Å². The minimum Gasteiger partial charge on any atom is -0.184 e. The quantitative estimate of drug-likeness (QED) is 0.122. The molecule has 6 rings (SSSR count). The smallest absolute Gasteiger partial charge is 0.171 e. The van der Waals surface area contributed by atoms with Crippen LogP contribution in [-0.4, -0.2) is 7.63 Å². The Morgan fingerprint density at radius 2 is 0.868 bits per heavy atom. The topological polar surface area (TPSA) is 0 Å². The summed E-state index contributed by atoms with van der Waals surface area (Å²) in [6.45, 7) is 8.59. The van der Waals surface area contributed by atoms with E-state index in [0.717, 1.165) is 0 Å². The molecule has 196 valence electrons. The van der Waals surface area contributed by atoms with Crippen LogP contribution in [0.1, 0.15) is 22.3 Å². The Bertz CT molecular complexity index is 1240. The van der Waals surface area contributed by atoms with Crippen LogP contribution in [0.2, 0.25) is 0 Å². The molecule has 38 heavy (non-hydrogen) atoms. The second kappa shape index (κ2) is 20.6. The number of benzene rings is 4. The standard InChI is InChI=1S/2C11H11.2C6H5.2ClH.Si.Ti/c2*1-8-6-10-5-3-4-9(2)11(10)7-8;2*1-2-4-6-5-3-1;;;;/h2*3-7H,1-2H3;2*1-5H;2*1H;;/q4*-1;;;;. The number of aryl methyl sites for hydroxylation is 4. The maximum Gasteiger partial charge on any atom is -0.171 e. The van der Waals surface area contributed by atoms with Crippen molar-refractivity contribution >= 4 is 54.0 Å². The second-order valence-electron chi connectivity index (χ2n) is 8.38. The third-order valence-corrected chi connectivity index (χ3v) is 5.44. The molecular weight excluding hydrogens is 555 g/mol. The van der Waals surface area contributed by atoms with Gasteiger partial charge in [0.1, 0.15) is 0 Å². The number of fused-ring (bicyclic) bond motifs is 2. The summed E-state index contributed by atoms with van der Waals surface area (Å²) in [5, 5.41) is 5.51. The predicted octanol–water partition coefficient (Wildman–Crippen LogP) is 9.78. The van der Waals surface area contributed by atoms with Crippen molar-refractivity contribution in [2.45, 2.75) is 27.7 Å². The Kier molecular flexibility index (Phi) is 19.3. The normalized spacial score (nSPS) is 8.82. The average molecular weight is 590 g/mol. The number of rotatable bonds is 0. The van der Waals surface area contributed by atoms with Crippen molar-refractivity contribution in [1.29, 1.82) is 0 Å². The molecule has 0 aliphatic rings. The van der Waals surface area contributed by atoms with Crippen LogP contribution in [0.25, 0.3) is 21.5 Å². The molecule has 4 heteroatoms. The summed E-state index contributed by atoms with van der Waals surface area (Å²) < 4.78 is 0. The minimum atomic E-state index is 0. The molecule has 0 aliphatic heterocycles. The van der Waals surface area contributed by atoms with Crippen molar-refractivity contribution in [3.8, 4) is 0 Å². The fourth-order valence-electron chi connectivity index (χ4n) is 3.77. The first-order valence-electron chi connectivity index (χ1n) is 11.9. The molecule has 6 aromatic carbocycles. The van der Waals surface area contributed by atoms with E-state index < -0.39 is 0 Å². The van der Waals surface area contributed by atoms with E-state index in [0.29, 0.717) is 0 Å². The summed E-state index contributed by atoms with van der Waals surface area (Å²) >= 11 is 1.81. The summed E-state index contributed by atoms with van der Waals surface area (Å²) in [4.78, 5) is 0. The van der Waals surface area contributed by atoms with Crippen molar-refractivity contribution in [3.63, 3.8) is 0 Å². The van der Waals surface area contributed by atoms with E-state index in [1.165, 1.54) is 43.8 Å². The van der Waals surface area contributed by atoms with Crippen LogP contribution in [0.4, 0.5) is 0 Å². The van der Waals surface area contributed by atoms with E-state index in [1.54, 1.807) is 19.2 Å². The minimum absolute atomic E-state index is 0. The summed E-state index contributed by atoms with van der Waals surface area (Å²) in [5.74, 6) is 0. The van der Waals surface area contributed by atoms with Gasteiger partial charge in [-0.15, -0.1) is 93.9 Å². The molecule has 6 aromatic rings. The second-order valence-corrected chi connectivity index (χ2v) is 8.38. The molecular formula is C34H34Cl2SiTi-4. The van der Waals surface area contributed by atoms with Gasteiger partial charge in [0.05, 0.1) is 0 Å². The van der Waals surface area contributed by atoms with Gasteiger partial charge in [0.25, 0.3) is 0 Å². The van der Waals surface area contributed by atoms with Gasteiger partial charge >= 0.3 is 26.8 Å². The molecule has 0 aliphatic carbocycles. The fraction of sp³-hybridized carbons (Fsp3) is 0.118. The van der Waals surface area contributed by atoms with Crippen LogP contribution in [0.5, 0.6) is 0 Å². The van der Waals surface area contributed by atoms with Crippen LogP contribution in [0.15, 0.2) is 121 Å². The van der Waals surface area contributed by atoms with E-state index in [-0.39, 0.29) is 24.8 Å². The van der Waals surface area contributed by atoms with Crippen LogP contribution in [-0.2, 0) is 19.2 Å². The van der Waals surface area contributed by atoms with Gasteiger partial charge in [-0.3, -0.25) is 0 Å². The molecule has 2 radical (unpaired) electrons. The van der Waals surface area contributed by atoms with Crippen LogP contribution >= 0.6 is 24.8 Å². The molecule has 0 amide bonds. The van der Waals surface area contributed by atoms with Crippen molar-refractivity contribution in [1.82, 2.24) is 0 Å². The van der Waals surface area contributed by atoms with Gasteiger partial charge in [0.2, 0.25) is 0 Å². The molecule has 0 heterocycles. The summed E-state index contributed by atoms with van der Waals surface area (Å²) in [6.07, 6.45) is 0. The molecule has 0 unspecified atom stereocenters. The van der Waals surface area contributed by atoms with Crippen molar-refractivity contribution in [2.24, 2.45) is 0 Å². The molecule has 0 N–H and O–H groups in total. The summed E-state index contributed by atoms with van der Waals surface area (Å²) in [5.41, 5.74) is 5.45. The van der Waals surface area contributed by atoms with Crippen LogP contribution in [0.3, 0.4) is 0 Å². The first kappa shape index (κ1) is 35.6. The van der Waals surface area contributed by atoms with Crippen molar-refractivity contribution in [2.75, 3.05) is 0 Å². The fourth-order valence-corrected chi connectivity index (χ4v) is 3.77. The predicted molar refractivity (Wildman–Crippen MR) is 169 cm³/mol. The Morgan fingerprint density at radius 1 is 0.526 bits per heavy atom. The third-order valence-electron chi connectivity index (χ3n) is 5.44. The van der Waals surface area contributed by atoms with Gasteiger partial charge in [-0.1, -0.05) is 37.1 Å². The van der Waals surface area contributed by atoms with Crippen molar-refractivity contribution in [3.05, 3.63) is 156 Å². The van der Waals surface area contributed by atoms with Gasteiger partial charge in [-0.25, -0.2) is 0 Å². The first-order valence-corrected chi connectivity index (χ1v) is 14.7. The zero-order valence-corrected chi connectivity index (χ0v) is 26.6.